The lowest BCUT2D eigenvalue weighted by molar-refractivity contribution is -0.136. The van der Waals surface area contributed by atoms with Crippen molar-refractivity contribution in [3.8, 4) is 0 Å². The fourth-order valence-corrected chi connectivity index (χ4v) is 2.94. The van der Waals surface area contributed by atoms with Crippen molar-refractivity contribution in [2.24, 2.45) is 23.7 Å². The summed E-state index contributed by atoms with van der Waals surface area (Å²) in [5, 5.41) is 0. The molecule has 4 unspecified atom stereocenters. The molecule has 0 fully saturated rings. The van der Waals surface area contributed by atoms with E-state index in [1.165, 1.54) is 7.11 Å². The van der Waals surface area contributed by atoms with Gasteiger partial charge >= 0.3 is 5.97 Å². The van der Waals surface area contributed by atoms with Gasteiger partial charge in [-0.1, -0.05) is 30.4 Å². The summed E-state index contributed by atoms with van der Waals surface area (Å²) in [7, 11) is 1.45. The second-order valence-electron chi connectivity index (χ2n) is 4.14. The molecule has 72 valence electrons. The molecular formula is C12H12O2. The molecule has 0 saturated heterocycles. The van der Waals surface area contributed by atoms with Gasteiger partial charge in [-0.25, -0.2) is 4.79 Å². The maximum atomic E-state index is 11.5. The van der Waals surface area contributed by atoms with Crippen molar-refractivity contribution in [2.75, 3.05) is 7.11 Å². The van der Waals surface area contributed by atoms with E-state index in [0.29, 0.717) is 23.7 Å². The lowest BCUT2D eigenvalue weighted by Crippen LogP contribution is -2.16. The Kier molecular flexibility index (Phi) is 1.49. The Hall–Kier alpha value is -1.31. The van der Waals surface area contributed by atoms with Gasteiger partial charge < -0.3 is 4.74 Å². The van der Waals surface area contributed by atoms with Crippen molar-refractivity contribution in [2.45, 2.75) is 0 Å². The van der Waals surface area contributed by atoms with E-state index in [0.717, 1.165) is 5.57 Å². The predicted octanol–water partition coefficient (Wildman–Crippen LogP) is 1.70. The number of carbonyl (C=O) groups excluding carboxylic acids is 1. The second-order valence-corrected chi connectivity index (χ2v) is 4.14. The standard InChI is InChI=1S/C12H12O2/c1-14-12(13)10-6-8-3-2-7-4-5-9(10)11(7)8/h2-9,11H,1H3. The van der Waals surface area contributed by atoms with Crippen LogP contribution in [0.3, 0.4) is 0 Å². The first-order valence-electron chi connectivity index (χ1n) is 4.98. The van der Waals surface area contributed by atoms with Crippen LogP contribution in [0.15, 0.2) is 36.0 Å². The zero-order chi connectivity index (χ0) is 9.71. The van der Waals surface area contributed by atoms with Crippen LogP contribution in [0.25, 0.3) is 0 Å². The van der Waals surface area contributed by atoms with Crippen molar-refractivity contribution < 1.29 is 9.53 Å². The lowest BCUT2D eigenvalue weighted by Gasteiger charge is -2.16. The van der Waals surface area contributed by atoms with Gasteiger partial charge in [-0.05, 0) is 11.8 Å². The summed E-state index contributed by atoms with van der Waals surface area (Å²) >= 11 is 0. The third kappa shape index (κ3) is 0.834. The molecule has 0 radical (unpaired) electrons. The summed E-state index contributed by atoms with van der Waals surface area (Å²) in [6.45, 7) is 0. The van der Waals surface area contributed by atoms with Gasteiger partial charge in [0.25, 0.3) is 0 Å². The highest BCUT2D eigenvalue weighted by molar-refractivity contribution is 5.90. The lowest BCUT2D eigenvalue weighted by atomic mass is 9.87. The molecule has 4 atom stereocenters. The summed E-state index contributed by atoms with van der Waals surface area (Å²) in [5.41, 5.74) is 0.852. The van der Waals surface area contributed by atoms with Gasteiger partial charge in [0, 0.05) is 17.4 Å². The summed E-state index contributed by atoms with van der Waals surface area (Å²) in [6.07, 6.45) is 10.9. The van der Waals surface area contributed by atoms with Gasteiger partial charge in [-0.15, -0.1) is 0 Å². The Bertz CT molecular complexity index is 376. The van der Waals surface area contributed by atoms with Gasteiger partial charge in [0.05, 0.1) is 7.11 Å². The zero-order valence-electron chi connectivity index (χ0n) is 8.01. The molecule has 2 heteroatoms. The maximum absolute atomic E-state index is 11.5. The smallest absolute Gasteiger partial charge is 0.334 e. The van der Waals surface area contributed by atoms with E-state index in [4.69, 9.17) is 4.74 Å². The van der Waals surface area contributed by atoms with Gasteiger partial charge in [-0.3, -0.25) is 0 Å². The first-order valence-corrected chi connectivity index (χ1v) is 4.98. The SMILES string of the molecule is COC(=O)C1=CC2C=CC3C=CC1C32. The molecule has 2 nitrogen and oxygen atoms in total. The summed E-state index contributed by atoms with van der Waals surface area (Å²) in [4.78, 5) is 11.5. The van der Waals surface area contributed by atoms with Crippen molar-refractivity contribution in [3.63, 3.8) is 0 Å². The van der Waals surface area contributed by atoms with E-state index >= 15 is 0 Å². The van der Waals surface area contributed by atoms with Crippen LogP contribution >= 0.6 is 0 Å². The van der Waals surface area contributed by atoms with Crippen LogP contribution in [0.4, 0.5) is 0 Å². The van der Waals surface area contributed by atoms with E-state index in [2.05, 4.69) is 30.4 Å². The Balaban J connectivity index is 1.99. The molecule has 3 aliphatic carbocycles. The van der Waals surface area contributed by atoms with Crippen molar-refractivity contribution in [3.05, 3.63) is 36.0 Å². The number of methoxy groups -OCH3 is 1. The largest absolute Gasteiger partial charge is 0.466 e. The minimum Gasteiger partial charge on any atom is -0.466 e. The van der Waals surface area contributed by atoms with Crippen LogP contribution in [0.2, 0.25) is 0 Å². The fourth-order valence-electron chi connectivity index (χ4n) is 2.94. The van der Waals surface area contributed by atoms with Gasteiger partial charge in [0.15, 0.2) is 0 Å². The fraction of sp³-hybridized carbons (Fsp3) is 0.417. The van der Waals surface area contributed by atoms with Crippen LogP contribution < -0.4 is 0 Å². The number of esters is 1. The second kappa shape index (κ2) is 2.59. The number of hydrogen-bond donors (Lipinski definition) is 0. The number of hydrogen-bond acceptors (Lipinski definition) is 2. The third-order valence-corrected chi connectivity index (χ3v) is 3.55. The van der Waals surface area contributed by atoms with E-state index < -0.39 is 0 Å². The Morgan fingerprint density at radius 1 is 1.21 bits per heavy atom. The molecule has 3 aliphatic rings. The van der Waals surface area contributed by atoms with E-state index in [-0.39, 0.29) is 5.97 Å². The van der Waals surface area contributed by atoms with Crippen LogP contribution in [-0.2, 0) is 9.53 Å². The molecule has 0 bridgehead atoms. The van der Waals surface area contributed by atoms with E-state index in [1.54, 1.807) is 0 Å². The average Bonchev–Trinajstić information content (AvgIpc) is 2.83. The topological polar surface area (TPSA) is 26.3 Å². The number of allylic oxidation sites excluding steroid dienone is 5. The average molecular weight is 188 g/mol. The van der Waals surface area contributed by atoms with Crippen molar-refractivity contribution in [1.82, 2.24) is 0 Å². The first-order chi connectivity index (χ1) is 6.81. The van der Waals surface area contributed by atoms with Gasteiger partial charge in [0.2, 0.25) is 0 Å². The molecule has 0 N–H and O–H groups in total. The highest BCUT2D eigenvalue weighted by Crippen LogP contribution is 2.51. The van der Waals surface area contributed by atoms with Crippen LogP contribution in [-0.4, -0.2) is 13.1 Å². The molecule has 14 heavy (non-hydrogen) atoms. The zero-order valence-corrected chi connectivity index (χ0v) is 8.01. The van der Waals surface area contributed by atoms with Gasteiger partial charge in [-0.2, -0.15) is 0 Å². The van der Waals surface area contributed by atoms with E-state index in [9.17, 15) is 4.79 Å². The monoisotopic (exact) mass is 188 g/mol. The van der Waals surface area contributed by atoms with Gasteiger partial charge in [0.1, 0.15) is 0 Å². The Morgan fingerprint density at radius 2 is 1.93 bits per heavy atom. The summed E-state index contributed by atoms with van der Waals surface area (Å²) in [5.74, 6) is 1.71. The molecule has 0 spiro atoms. The molecule has 0 saturated carbocycles. The van der Waals surface area contributed by atoms with Crippen LogP contribution in [0.1, 0.15) is 0 Å². The highest BCUT2D eigenvalue weighted by Gasteiger charge is 2.46. The number of ether oxygens (including phenoxy) is 1. The normalized spacial score (nSPS) is 41.4. The molecule has 0 aliphatic heterocycles. The third-order valence-electron chi connectivity index (χ3n) is 3.55. The van der Waals surface area contributed by atoms with Crippen LogP contribution in [0, 0.1) is 23.7 Å². The first kappa shape index (κ1) is 8.04. The predicted molar refractivity (Wildman–Crippen MR) is 52.3 cm³/mol. The summed E-state index contributed by atoms with van der Waals surface area (Å²) < 4.78 is 4.78. The molecular weight excluding hydrogens is 176 g/mol. The number of carbonyl (C=O) groups is 1. The highest BCUT2D eigenvalue weighted by atomic mass is 16.5. The molecule has 0 amide bonds. The molecule has 0 aromatic heterocycles. The Morgan fingerprint density at radius 3 is 2.71 bits per heavy atom. The number of rotatable bonds is 1. The van der Waals surface area contributed by atoms with Crippen molar-refractivity contribution in [1.29, 1.82) is 0 Å². The molecule has 0 heterocycles. The summed E-state index contributed by atoms with van der Waals surface area (Å²) in [6, 6.07) is 0. The molecule has 0 aromatic carbocycles. The van der Waals surface area contributed by atoms with E-state index in [1.807, 2.05) is 0 Å². The quantitative estimate of drug-likeness (QED) is 0.462. The van der Waals surface area contributed by atoms with Crippen LogP contribution in [0.5, 0.6) is 0 Å². The van der Waals surface area contributed by atoms with Crippen molar-refractivity contribution >= 4 is 5.97 Å². The Labute approximate surface area is 82.9 Å². The molecule has 3 rings (SSSR count). The minimum absolute atomic E-state index is 0.164. The minimum atomic E-state index is -0.164. The maximum Gasteiger partial charge on any atom is 0.334 e. The molecule has 0 aromatic rings.